The largest absolute Gasteiger partial charge is 0.465 e. The minimum absolute atomic E-state index is 0.305. The second kappa shape index (κ2) is 7.65. The Balaban J connectivity index is 2.83. The first-order valence-electron chi connectivity index (χ1n) is 6.60. The highest BCUT2D eigenvalue weighted by molar-refractivity contribution is 9.10. The molecule has 0 spiro atoms. The van der Waals surface area contributed by atoms with Crippen LogP contribution in [0, 0.1) is 0 Å². The van der Waals surface area contributed by atoms with Gasteiger partial charge in [-0.1, -0.05) is 35.8 Å². The van der Waals surface area contributed by atoms with Gasteiger partial charge in [-0.3, -0.25) is 4.90 Å². The van der Waals surface area contributed by atoms with Crippen LogP contribution in [0.5, 0.6) is 0 Å². The predicted molar refractivity (Wildman–Crippen MR) is 81.3 cm³/mol. The maximum Gasteiger partial charge on any atom is 0.337 e. The van der Waals surface area contributed by atoms with Crippen molar-refractivity contribution >= 4 is 21.9 Å². The van der Waals surface area contributed by atoms with Gasteiger partial charge in [0.25, 0.3) is 0 Å². The molecule has 0 aromatic heterocycles. The molecule has 0 aliphatic carbocycles. The first-order valence-corrected chi connectivity index (χ1v) is 7.39. The van der Waals surface area contributed by atoms with E-state index in [1.54, 1.807) is 0 Å². The molecule has 0 radical (unpaired) electrons. The summed E-state index contributed by atoms with van der Waals surface area (Å²) in [7, 11) is 3.53. The van der Waals surface area contributed by atoms with Gasteiger partial charge in [0, 0.05) is 17.1 Å². The van der Waals surface area contributed by atoms with Gasteiger partial charge in [0.15, 0.2) is 0 Å². The highest BCUT2D eigenvalue weighted by Crippen LogP contribution is 2.22. The zero-order valence-corrected chi connectivity index (χ0v) is 13.7. The summed E-state index contributed by atoms with van der Waals surface area (Å²) in [5.41, 5.74) is 1.75. The second-order valence-electron chi connectivity index (χ2n) is 4.68. The van der Waals surface area contributed by atoms with E-state index in [4.69, 9.17) is 4.74 Å². The number of carbonyl (C=O) groups excluding carboxylic acids is 1. The third-order valence-electron chi connectivity index (χ3n) is 3.46. The van der Waals surface area contributed by atoms with Crippen LogP contribution in [0.4, 0.5) is 0 Å². The smallest absolute Gasteiger partial charge is 0.337 e. The normalized spacial score (nSPS) is 11.1. The van der Waals surface area contributed by atoms with E-state index in [2.05, 4.69) is 41.7 Å². The van der Waals surface area contributed by atoms with Gasteiger partial charge < -0.3 is 4.74 Å². The van der Waals surface area contributed by atoms with E-state index in [0.29, 0.717) is 11.6 Å². The van der Waals surface area contributed by atoms with Crippen molar-refractivity contribution in [3.63, 3.8) is 0 Å². The highest BCUT2D eigenvalue weighted by atomic mass is 79.9. The van der Waals surface area contributed by atoms with Crippen molar-refractivity contribution in [3.8, 4) is 0 Å². The minimum Gasteiger partial charge on any atom is -0.465 e. The van der Waals surface area contributed by atoms with Gasteiger partial charge in [-0.25, -0.2) is 4.79 Å². The quantitative estimate of drug-likeness (QED) is 0.743. The van der Waals surface area contributed by atoms with Gasteiger partial charge >= 0.3 is 5.97 Å². The van der Waals surface area contributed by atoms with Crippen molar-refractivity contribution in [3.05, 3.63) is 33.8 Å². The maximum absolute atomic E-state index is 11.4. The molecule has 0 amide bonds. The summed E-state index contributed by atoms with van der Waals surface area (Å²) in [5.74, 6) is -0.305. The fourth-order valence-corrected chi connectivity index (χ4v) is 2.73. The van der Waals surface area contributed by atoms with Gasteiger partial charge in [-0.15, -0.1) is 0 Å². The Kier molecular flexibility index (Phi) is 6.52. The molecule has 0 bridgehead atoms. The molecule has 0 aliphatic rings. The monoisotopic (exact) mass is 327 g/mol. The summed E-state index contributed by atoms with van der Waals surface area (Å²) in [5, 5.41) is 0. The third-order valence-corrected chi connectivity index (χ3v) is 4.20. The zero-order chi connectivity index (χ0) is 14.4. The summed E-state index contributed by atoms with van der Waals surface area (Å²) in [6, 6.07) is 6.20. The molecule has 1 aromatic carbocycles. The van der Waals surface area contributed by atoms with Gasteiger partial charge in [-0.05, 0) is 37.6 Å². The Morgan fingerprint density at radius 2 is 2.00 bits per heavy atom. The minimum atomic E-state index is -0.305. The average molecular weight is 328 g/mol. The van der Waals surface area contributed by atoms with Gasteiger partial charge in [0.05, 0.1) is 12.7 Å². The van der Waals surface area contributed by atoms with Crippen LogP contribution in [0.15, 0.2) is 22.7 Å². The molecule has 19 heavy (non-hydrogen) atoms. The van der Waals surface area contributed by atoms with Gasteiger partial charge in [-0.2, -0.15) is 0 Å². The Morgan fingerprint density at radius 3 is 2.47 bits per heavy atom. The first-order chi connectivity index (χ1) is 9.03. The molecule has 0 saturated carbocycles. The average Bonchev–Trinajstić information content (AvgIpc) is 2.41. The van der Waals surface area contributed by atoms with Crippen LogP contribution >= 0.6 is 15.9 Å². The SMILES string of the molecule is CCC(CC)N(C)Cc1ccc(C(=O)OC)cc1Br. The number of hydrogen-bond acceptors (Lipinski definition) is 3. The molecule has 0 heterocycles. The van der Waals surface area contributed by atoms with E-state index in [1.807, 2.05) is 18.2 Å². The molecule has 4 heteroatoms. The Morgan fingerprint density at radius 1 is 1.37 bits per heavy atom. The van der Waals surface area contributed by atoms with Crippen LogP contribution in [-0.4, -0.2) is 31.1 Å². The third kappa shape index (κ3) is 4.32. The molecule has 0 atom stereocenters. The number of carbonyl (C=O) groups is 1. The first kappa shape index (κ1) is 16.2. The van der Waals surface area contributed by atoms with Crippen LogP contribution in [0.1, 0.15) is 42.6 Å². The van der Waals surface area contributed by atoms with Crippen molar-refractivity contribution in [2.24, 2.45) is 0 Å². The zero-order valence-electron chi connectivity index (χ0n) is 12.1. The fourth-order valence-electron chi connectivity index (χ4n) is 2.23. The lowest BCUT2D eigenvalue weighted by atomic mass is 10.1. The standard InChI is InChI=1S/C15H22BrNO2/c1-5-13(6-2)17(3)10-12-8-7-11(9-14(12)16)15(18)19-4/h7-9,13H,5-6,10H2,1-4H3. The summed E-state index contributed by atoms with van der Waals surface area (Å²) >= 11 is 3.53. The van der Waals surface area contributed by atoms with Crippen molar-refractivity contribution in [1.82, 2.24) is 4.90 Å². The summed E-state index contributed by atoms with van der Waals surface area (Å²) in [6.45, 7) is 5.29. The molecule has 1 aromatic rings. The summed E-state index contributed by atoms with van der Waals surface area (Å²) in [4.78, 5) is 13.8. The molecule has 106 valence electrons. The number of halogens is 1. The van der Waals surface area contributed by atoms with Crippen molar-refractivity contribution in [2.45, 2.75) is 39.3 Å². The van der Waals surface area contributed by atoms with Crippen molar-refractivity contribution < 1.29 is 9.53 Å². The molecule has 0 unspecified atom stereocenters. The molecular formula is C15H22BrNO2. The molecule has 1 rings (SSSR count). The van der Waals surface area contributed by atoms with E-state index < -0.39 is 0 Å². The number of ether oxygens (including phenoxy) is 1. The number of nitrogens with zero attached hydrogens (tertiary/aromatic N) is 1. The molecule has 0 aliphatic heterocycles. The van der Waals surface area contributed by atoms with E-state index in [9.17, 15) is 4.79 Å². The fraction of sp³-hybridized carbons (Fsp3) is 0.533. The second-order valence-corrected chi connectivity index (χ2v) is 5.54. The van der Waals surface area contributed by atoms with Crippen molar-refractivity contribution in [1.29, 1.82) is 0 Å². The molecule has 0 N–H and O–H groups in total. The number of hydrogen-bond donors (Lipinski definition) is 0. The van der Waals surface area contributed by atoms with Crippen LogP contribution in [-0.2, 0) is 11.3 Å². The Labute approximate surface area is 124 Å². The number of methoxy groups -OCH3 is 1. The van der Waals surface area contributed by atoms with E-state index in [-0.39, 0.29) is 5.97 Å². The maximum atomic E-state index is 11.4. The van der Waals surface area contributed by atoms with E-state index in [1.165, 1.54) is 12.7 Å². The van der Waals surface area contributed by atoms with Gasteiger partial charge in [0.1, 0.15) is 0 Å². The lowest BCUT2D eigenvalue weighted by molar-refractivity contribution is 0.0600. The molecular weight excluding hydrogens is 306 g/mol. The van der Waals surface area contributed by atoms with E-state index >= 15 is 0 Å². The lowest BCUT2D eigenvalue weighted by Gasteiger charge is -2.26. The Hall–Kier alpha value is -0.870. The lowest BCUT2D eigenvalue weighted by Crippen LogP contribution is -2.30. The Bertz CT molecular complexity index is 430. The summed E-state index contributed by atoms with van der Waals surface area (Å²) < 4.78 is 5.67. The van der Waals surface area contributed by atoms with Crippen LogP contribution in [0.25, 0.3) is 0 Å². The number of rotatable bonds is 6. The van der Waals surface area contributed by atoms with Crippen LogP contribution in [0.2, 0.25) is 0 Å². The van der Waals surface area contributed by atoms with Crippen LogP contribution < -0.4 is 0 Å². The van der Waals surface area contributed by atoms with Crippen molar-refractivity contribution in [2.75, 3.05) is 14.2 Å². The number of esters is 1. The van der Waals surface area contributed by atoms with Crippen LogP contribution in [0.3, 0.4) is 0 Å². The van der Waals surface area contributed by atoms with Gasteiger partial charge in [0.2, 0.25) is 0 Å². The highest BCUT2D eigenvalue weighted by Gasteiger charge is 2.13. The predicted octanol–water partition coefficient (Wildman–Crippen LogP) is 3.86. The summed E-state index contributed by atoms with van der Waals surface area (Å²) in [6.07, 6.45) is 2.29. The topological polar surface area (TPSA) is 29.5 Å². The molecule has 0 fully saturated rings. The molecule has 0 saturated heterocycles. The van der Waals surface area contributed by atoms with E-state index in [0.717, 1.165) is 23.9 Å². The molecule has 3 nitrogen and oxygen atoms in total. The number of benzene rings is 1.